The number of nitro benzene ring substituents is 1. The molecule has 21 heavy (non-hydrogen) atoms. The molecule has 2 heterocycles. The Bertz CT molecular complexity index is 796. The van der Waals surface area contributed by atoms with Gasteiger partial charge in [-0.25, -0.2) is 4.98 Å². The molecule has 0 aliphatic heterocycles. The van der Waals surface area contributed by atoms with Gasteiger partial charge in [-0.05, 0) is 31.4 Å². The van der Waals surface area contributed by atoms with E-state index in [0.717, 1.165) is 20.1 Å². The van der Waals surface area contributed by atoms with Crippen LogP contribution in [-0.4, -0.2) is 9.91 Å². The third-order valence-electron chi connectivity index (χ3n) is 3.15. The predicted molar refractivity (Wildman–Crippen MR) is 87.4 cm³/mol. The maximum absolute atomic E-state index is 11.3. The Morgan fingerprint density at radius 2 is 2.24 bits per heavy atom. The highest BCUT2D eigenvalue weighted by molar-refractivity contribution is 7.18. The SMILES string of the molecule is Cc1nc2cc(NC(C)c3cccs3)c([N+](=O)[O-])cc2s1. The third kappa shape index (κ3) is 2.74. The number of thiophene rings is 1. The standard InChI is InChI=1S/C14H13N3O2S2/c1-8(13-4-3-5-20-13)15-10-6-11-14(21-9(2)16-11)7-12(10)17(18)19/h3-8,15H,1-2H3. The summed E-state index contributed by atoms with van der Waals surface area (Å²) in [6.45, 7) is 3.89. The fourth-order valence-electron chi connectivity index (χ4n) is 2.19. The topological polar surface area (TPSA) is 68.1 Å². The van der Waals surface area contributed by atoms with Crippen molar-refractivity contribution in [2.45, 2.75) is 19.9 Å². The van der Waals surface area contributed by atoms with Crippen molar-refractivity contribution in [1.82, 2.24) is 4.98 Å². The molecule has 7 heteroatoms. The lowest BCUT2D eigenvalue weighted by Crippen LogP contribution is -2.07. The van der Waals surface area contributed by atoms with Crippen molar-refractivity contribution < 1.29 is 4.92 Å². The van der Waals surface area contributed by atoms with E-state index >= 15 is 0 Å². The predicted octanol–water partition coefficient (Wildman–Crippen LogP) is 4.75. The van der Waals surface area contributed by atoms with E-state index < -0.39 is 0 Å². The molecule has 0 saturated heterocycles. The molecule has 1 N–H and O–H groups in total. The lowest BCUT2D eigenvalue weighted by molar-refractivity contribution is -0.383. The van der Waals surface area contributed by atoms with E-state index in [1.165, 1.54) is 11.3 Å². The van der Waals surface area contributed by atoms with Gasteiger partial charge in [0.25, 0.3) is 5.69 Å². The van der Waals surface area contributed by atoms with E-state index in [9.17, 15) is 10.1 Å². The fourth-order valence-corrected chi connectivity index (χ4v) is 3.76. The Kier molecular flexibility index (Phi) is 3.60. The normalized spacial score (nSPS) is 12.5. The number of anilines is 1. The average molecular weight is 319 g/mol. The number of nitro groups is 1. The molecule has 0 saturated carbocycles. The van der Waals surface area contributed by atoms with Crippen molar-refractivity contribution >= 4 is 44.3 Å². The van der Waals surface area contributed by atoms with Crippen LogP contribution in [-0.2, 0) is 0 Å². The van der Waals surface area contributed by atoms with Gasteiger partial charge in [-0.2, -0.15) is 0 Å². The van der Waals surface area contributed by atoms with E-state index in [1.807, 2.05) is 31.4 Å². The molecular weight excluding hydrogens is 306 g/mol. The minimum absolute atomic E-state index is 0.0147. The molecular formula is C14H13N3O2S2. The van der Waals surface area contributed by atoms with Gasteiger partial charge in [-0.15, -0.1) is 22.7 Å². The van der Waals surface area contributed by atoms with Crippen molar-refractivity contribution in [2.24, 2.45) is 0 Å². The highest BCUT2D eigenvalue weighted by atomic mass is 32.1. The van der Waals surface area contributed by atoms with Crippen molar-refractivity contribution in [3.05, 3.63) is 49.6 Å². The minimum atomic E-state index is -0.349. The number of fused-ring (bicyclic) bond motifs is 1. The molecule has 108 valence electrons. The van der Waals surface area contributed by atoms with Crippen LogP contribution in [0.3, 0.4) is 0 Å². The maximum atomic E-state index is 11.3. The second-order valence-electron chi connectivity index (χ2n) is 4.71. The molecule has 5 nitrogen and oxygen atoms in total. The Morgan fingerprint density at radius 3 is 2.90 bits per heavy atom. The molecule has 1 unspecified atom stereocenters. The Balaban J connectivity index is 2.03. The Labute approximate surface area is 129 Å². The van der Waals surface area contributed by atoms with Gasteiger partial charge in [-0.3, -0.25) is 10.1 Å². The monoisotopic (exact) mass is 319 g/mol. The van der Waals surface area contributed by atoms with E-state index in [1.54, 1.807) is 23.5 Å². The van der Waals surface area contributed by atoms with Gasteiger partial charge in [0.2, 0.25) is 0 Å². The summed E-state index contributed by atoms with van der Waals surface area (Å²) >= 11 is 3.09. The second-order valence-corrected chi connectivity index (χ2v) is 6.92. The number of hydrogen-bond acceptors (Lipinski definition) is 6. The summed E-state index contributed by atoms with van der Waals surface area (Å²) in [4.78, 5) is 16.5. The van der Waals surface area contributed by atoms with Crippen LogP contribution in [0.5, 0.6) is 0 Å². The molecule has 0 aliphatic carbocycles. The summed E-state index contributed by atoms with van der Waals surface area (Å²) in [7, 11) is 0. The van der Waals surface area contributed by atoms with Gasteiger partial charge in [-0.1, -0.05) is 6.07 Å². The van der Waals surface area contributed by atoms with Gasteiger partial charge in [0.1, 0.15) is 5.69 Å². The van der Waals surface area contributed by atoms with E-state index in [2.05, 4.69) is 10.3 Å². The van der Waals surface area contributed by atoms with Crippen LogP contribution in [0.15, 0.2) is 29.6 Å². The molecule has 0 bridgehead atoms. The summed E-state index contributed by atoms with van der Waals surface area (Å²) < 4.78 is 0.841. The number of aromatic nitrogens is 1. The Morgan fingerprint density at radius 1 is 1.43 bits per heavy atom. The first kappa shape index (κ1) is 14.0. The van der Waals surface area contributed by atoms with E-state index in [-0.39, 0.29) is 16.7 Å². The number of hydrogen-bond donors (Lipinski definition) is 1. The number of thiazole rings is 1. The summed E-state index contributed by atoms with van der Waals surface area (Å²) in [5.74, 6) is 0. The van der Waals surface area contributed by atoms with E-state index in [4.69, 9.17) is 0 Å². The molecule has 0 radical (unpaired) electrons. The molecule has 3 aromatic rings. The molecule has 0 aliphatic rings. The number of nitrogens with one attached hydrogen (secondary N) is 1. The first-order chi connectivity index (χ1) is 10.0. The van der Waals surface area contributed by atoms with Crippen LogP contribution < -0.4 is 5.32 Å². The molecule has 1 aromatic carbocycles. The van der Waals surface area contributed by atoms with Crippen LogP contribution in [0.1, 0.15) is 22.9 Å². The zero-order chi connectivity index (χ0) is 15.0. The maximum Gasteiger partial charge on any atom is 0.293 e. The zero-order valence-electron chi connectivity index (χ0n) is 11.5. The average Bonchev–Trinajstić information content (AvgIpc) is 3.05. The quantitative estimate of drug-likeness (QED) is 0.556. The van der Waals surface area contributed by atoms with Gasteiger partial charge in [0.05, 0.1) is 26.2 Å². The van der Waals surface area contributed by atoms with Crippen LogP contribution in [0.25, 0.3) is 10.2 Å². The molecule has 2 aromatic heterocycles. The number of aryl methyl sites for hydroxylation is 1. The van der Waals surface area contributed by atoms with Crippen molar-refractivity contribution in [3.8, 4) is 0 Å². The van der Waals surface area contributed by atoms with Crippen molar-refractivity contribution in [3.63, 3.8) is 0 Å². The molecule has 3 rings (SSSR count). The highest BCUT2D eigenvalue weighted by Gasteiger charge is 2.19. The number of nitrogens with zero attached hydrogens (tertiary/aromatic N) is 2. The smallest absolute Gasteiger partial charge is 0.293 e. The molecule has 0 fully saturated rings. The summed E-state index contributed by atoms with van der Waals surface area (Å²) in [5.41, 5.74) is 1.40. The lowest BCUT2D eigenvalue weighted by atomic mass is 10.2. The lowest BCUT2D eigenvalue weighted by Gasteiger charge is -2.13. The van der Waals surface area contributed by atoms with Gasteiger partial charge in [0.15, 0.2) is 0 Å². The molecule has 0 spiro atoms. The highest BCUT2D eigenvalue weighted by Crippen LogP contribution is 2.35. The largest absolute Gasteiger partial charge is 0.372 e. The summed E-state index contributed by atoms with van der Waals surface area (Å²) in [6.07, 6.45) is 0. The number of rotatable bonds is 4. The van der Waals surface area contributed by atoms with Crippen LogP contribution in [0.2, 0.25) is 0 Å². The van der Waals surface area contributed by atoms with Crippen LogP contribution >= 0.6 is 22.7 Å². The van der Waals surface area contributed by atoms with Crippen LogP contribution in [0, 0.1) is 17.0 Å². The van der Waals surface area contributed by atoms with Gasteiger partial charge >= 0.3 is 0 Å². The zero-order valence-corrected chi connectivity index (χ0v) is 13.1. The molecule has 0 amide bonds. The van der Waals surface area contributed by atoms with Crippen molar-refractivity contribution in [1.29, 1.82) is 0 Å². The Hall–Kier alpha value is -1.99. The second kappa shape index (κ2) is 5.42. The van der Waals surface area contributed by atoms with Gasteiger partial charge < -0.3 is 5.32 Å². The summed E-state index contributed by atoms with van der Waals surface area (Å²) in [5, 5.41) is 17.4. The van der Waals surface area contributed by atoms with E-state index in [0.29, 0.717) is 5.69 Å². The van der Waals surface area contributed by atoms with Gasteiger partial charge in [0, 0.05) is 10.9 Å². The fraction of sp³-hybridized carbons (Fsp3) is 0.214. The first-order valence-electron chi connectivity index (χ1n) is 6.40. The van der Waals surface area contributed by atoms with Crippen LogP contribution in [0.4, 0.5) is 11.4 Å². The minimum Gasteiger partial charge on any atom is -0.372 e. The molecule has 1 atom stereocenters. The summed E-state index contributed by atoms with van der Waals surface area (Å²) in [6, 6.07) is 7.37. The number of benzene rings is 1. The first-order valence-corrected chi connectivity index (χ1v) is 8.09. The third-order valence-corrected chi connectivity index (χ3v) is 5.14. The van der Waals surface area contributed by atoms with Crippen molar-refractivity contribution in [2.75, 3.05) is 5.32 Å².